The third kappa shape index (κ3) is 3.37. The molecule has 21 heavy (non-hydrogen) atoms. The van der Waals surface area contributed by atoms with Crippen LogP contribution in [0, 0.1) is 10.1 Å². The van der Waals surface area contributed by atoms with Gasteiger partial charge in [0, 0.05) is 25.1 Å². The Morgan fingerprint density at radius 3 is 2.95 bits per heavy atom. The first-order chi connectivity index (χ1) is 10.1. The van der Waals surface area contributed by atoms with Crippen LogP contribution < -0.4 is 5.32 Å². The van der Waals surface area contributed by atoms with Crippen LogP contribution in [-0.4, -0.2) is 27.7 Å². The molecule has 1 fully saturated rings. The van der Waals surface area contributed by atoms with Crippen molar-refractivity contribution in [1.82, 2.24) is 15.5 Å². The van der Waals surface area contributed by atoms with E-state index in [2.05, 4.69) is 15.5 Å². The highest BCUT2D eigenvalue weighted by molar-refractivity contribution is 7.14. The molecule has 6 nitrogen and oxygen atoms in total. The van der Waals surface area contributed by atoms with Crippen molar-refractivity contribution < 1.29 is 4.92 Å². The van der Waals surface area contributed by atoms with Crippen molar-refractivity contribution in [3.63, 3.8) is 0 Å². The molecule has 1 aliphatic rings. The Labute approximate surface area is 130 Å². The predicted octanol–water partition coefficient (Wildman–Crippen LogP) is 3.06. The van der Waals surface area contributed by atoms with E-state index in [1.807, 2.05) is 0 Å². The topological polar surface area (TPSA) is 81.0 Å². The molecule has 1 aromatic carbocycles. The molecular weight excluding hydrogens is 312 g/mol. The summed E-state index contributed by atoms with van der Waals surface area (Å²) in [4.78, 5) is 10.7. The molecule has 0 radical (unpaired) electrons. The lowest BCUT2D eigenvalue weighted by Crippen LogP contribution is -2.19. The van der Waals surface area contributed by atoms with Gasteiger partial charge in [0.1, 0.15) is 10.6 Å². The van der Waals surface area contributed by atoms with Crippen molar-refractivity contribution in [3.05, 3.63) is 38.3 Å². The van der Waals surface area contributed by atoms with E-state index in [1.165, 1.54) is 30.2 Å². The molecule has 1 heterocycles. The molecule has 110 valence electrons. The molecular formula is C13H13ClN4O2S. The Kier molecular flexibility index (Phi) is 4.14. The molecule has 0 bridgehead atoms. The summed E-state index contributed by atoms with van der Waals surface area (Å²) in [6.07, 6.45) is 3.26. The van der Waals surface area contributed by atoms with E-state index in [0.29, 0.717) is 21.6 Å². The summed E-state index contributed by atoms with van der Waals surface area (Å²) in [6.45, 7) is 0.851. The minimum Gasteiger partial charge on any atom is -0.314 e. The lowest BCUT2D eigenvalue weighted by molar-refractivity contribution is -0.384. The first-order valence-corrected chi connectivity index (χ1v) is 7.83. The Morgan fingerprint density at radius 2 is 2.24 bits per heavy atom. The van der Waals surface area contributed by atoms with E-state index in [4.69, 9.17) is 11.6 Å². The first kappa shape index (κ1) is 14.4. The standard InChI is InChI=1S/C13H13ClN4O2S/c14-9-2-1-3-10(18(19)20)12(9)13-17-16-11(21-13)6-7-15-8-4-5-8/h1-3,8,15H,4-7H2. The van der Waals surface area contributed by atoms with Crippen molar-refractivity contribution in [1.29, 1.82) is 0 Å². The summed E-state index contributed by atoms with van der Waals surface area (Å²) in [5.74, 6) is 0. The number of halogens is 1. The van der Waals surface area contributed by atoms with Crippen molar-refractivity contribution in [3.8, 4) is 10.6 Å². The van der Waals surface area contributed by atoms with E-state index in [1.54, 1.807) is 12.1 Å². The zero-order valence-electron chi connectivity index (χ0n) is 11.1. The van der Waals surface area contributed by atoms with Crippen LogP contribution in [0.25, 0.3) is 10.6 Å². The number of nitro groups is 1. The molecule has 1 N–H and O–H groups in total. The highest BCUT2D eigenvalue weighted by Gasteiger charge is 2.22. The molecule has 1 aliphatic carbocycles. The fourth-order valence-corrected chi connectivity index (χ4v) is 3.23. The molecule has 2 aromatic rings. The van der Waals surface area contributed by atoms with Crippen LogP contribution in [0.4, 0.5) is 5.69 Å². The normalized spacial score (nSPS) is 14.3. The number of hydrogen-bond acceptors (Lipinski definition) is 6. The quantitative estimate of drug-likeness (QED) is 0.652. The van der Waals surface area contributed by atoms with Gasteiger partial charge in [-0.25, -0.2) is 0 Å². The van der Waals surface area contributed by atoms with Crippen molar-refractivity contribution in [2.75, 3.05) is 6.54 Å². The van der Waals surface area contributed by atoms with Gasteiger partial charge in [0.25, 0.3) is 5.69 Å². The maximum atomic E-state index is 11.1. The van der Waals surface area contributed by atoms with Crippen molar-refractivity contribution in [2.24, 2.45) is 0 Å². The van der Waals surface area contributed by atoms with Crippen LogP contribution >= 0.6 is 22.9 Å². The fraction of sp³-hybridized carbons (Fsp3) is 0.385. The van der Waals surface area contributed by atoms with Crippen LogP contribution in [-0.2, 0) is 6.42 Å². The molecule has 1 saturated carbocycles. The SMILES string of the molecule is O=[N+]([O-])c1cccc(Cl)c1-c1nnc(CCNC2CC2)s1. The van der Waals surface area contributed by atoms with Crippen LogP contribution in [0.5, 0.6) is 0 Å². The van der Waals surface area contributed by atoms with Gasteiger partial charge in [-0.2, -0.15) is 0 Å². The van der Waals surface area contributed by atoms with Gasteiger partial charge in [-0.05, 0) is 18.9 Å². The number of aromatic nitrogens is 2. The van der Waals surface area contributed by atoms with E-state index >= 15 is 0 Å². The van der Waals surface area contributed by atoms with Gasteiger partial charge in [0.05, 0.1) is 9.95 Å². The second kappa shape index (κ2) is 6.05. The Morgan fingerprint density at radius 1 is 1.43 bits per heavy atom. The highest BCUT2D eigenvalue weighted by atomic mass is 35.5. The van der Waals surface area contributed by atoms with Crippen LogP contribution in [0.15, 0.2) is 18.2 Å². The smallest absolute Gasteiger partial charge is 0.281 e. The van der Waals surface area contributed by atoms with Gasteiger partial charge in [-0.15, -0.1) is 10.2 Å². The van der Waals surface area contributed by atoms with Gasteiger partial charge < -0.3 is 5.32 Å². The van der Waals surface area contributed by atoms with Crippen LogP contribution in [0.2, 0.25) is 5.02 Å². The summed E-state index contributed by atoms with van der Waals surface area (Å²) in [5.41, 5.74) is 0.310. The summed E-state index contributed by atoms with van der Waals surface area (Å²) in [6, 6.07) is 5.27. The lowest BCUT2D eigenvalue weighted by Gasteiger charge is -2.01. The van der Waals surface area contributed by atoms with Crippen molar-refractivity contribution in [2.45, 2.75) is 25.3 Å². The van der Waals surface area contributed by atoms with E-state index < -0.39 is 4.92 Å². The summed E-state index contributed by atoms with van der Waals surface area (Å²) in [5, 5.41) is 24.3. The molecule has 8 heteroatoms. The molecule has 0 atom stereocenters. The maximum absolute atomic E-state index is 11.1. The summed E-state index contributed by atoms with van der Waals surface area (Å²) >= 11 is 7.45. The average molecular weight is 325 g/mol. The zero-order valence-corrected chi connectivity index (χ0v) is 12.7. The van der Waals surface area contributed by atoms with E-state index in [9.17, 15) is 10.1 Å². The predicted molar refractivity (Wildman–Crippen MR) is 81.7 cm³/mol. The number of benzene rings is 1. The van der Waals surface area contributed by atoms with Gasteiger partial charge >= 0.3 is 0 Å². The monoisotopic (exact) mass is 324 g/mol. The largest absolute Gasteiger partial charge is 0.314 e. The van der Waals surface area contributed by atoms with E-state index in [0.717, 1.165) is 18.0 Å². The average Bonchev–Trinajstić information content (AvgIpc) is 3.16. The molecule has 0 saturated heterocycles. The van der Waals surface area contributed by atoms with Gasteiger partial charge in [-0.1, -0.05) is 29.0 Å². The highest BCUT2D eigenvalue weighted by Crippen LogP contribution is 2.37. The summed E-state index contributed by atoms with van der Waals surface area (Å²) < 4.78 is 0. The maximum Gasteiger partial charge on any atom is 0.281 e. The number of nitrogens with zero attached hydrogens (tertiary/aromatic N) is 3. The third-order valence-electron chi connectivity index (χ3n) is 3.22. The van der Waals surface area contributed by atoms with Gasteiger partial charge in [0.2, 0.25) is 0 Å². The fourth-order valence-electron chi connectivity index (χ4n) is 2.00. The molecule has 3 rings (SSSR count). The first-order valence-electron chi connectivity index (χ1n) is 6.64. The molecule has 0 unspecified atom stereocenters. The number of nitro benzene ring substituents is 1. The third-order valence-corrected chi connectivity index (χ3v) is 4.53. The molecule has 1 aromatic heterocycles. The molecule has 0 spiro atoms. The Hall–Kier alpha value is -1.57. The van der Waals surface area contributed by atoms with E-state index in [-0.39, 0.29) is 5.69 Å². The minimum atomic E-state index is -0.447. The lowest BCUT2D eigenvalue weighted by atomic mass is 10.2. The summed E-state index contributed by atoms with van der Waals surface area (Å²) in [7, 11) is 0. The Bertz CT molecular complexity index is 672. The van der Waals surface area contributed by atoms with Crippen LogP contribution in [0.3, 0.4) is 0 Å². The van der Waals surface area contributed by atoms with Crippen molar-refractivity contribution >= 4 is 28.6 Å². The zero-order chi connectivity index (χ0) is 14.8. The molecule has 0 amide bonds. The number of hydrogen-bond donors (Lipinski definition) is 1. The van der Waals surface area contributed by atoms with Crippen LogP contribution in [0.1, 0.15) is 17.8 Å². The van der Waals surface area contributed by atoms with Gasteiger partial charge in [0.15, 0.2) is 5.01 Å². The number of nitrogens with one attached hydrogen (secondary N) is 1. The Balaban J connectivity index is 1.80. The van der Waals surface area contributed by atoms with Gasteiger partial charge in [-0.3, -0.25) is 10.1 Å². The second-order valence-corrected chi connectivity index (χ2v) is 6.34. The number of rotatable bonds is 6. The molecule has 0 aliphatic heterocycles. The minimum absolute atomic E-state index is 0.0405. The second-order valence-electron chi connectivity index (χ2n) is 4.87.